The molecule has 0 aliphatic rings. The number of halogens is 1. The highest BCUT2D eigenvalue weighted by atomic mass is 35.5. The van der Waals surface area contributed by atoms with Crippen LogP contribution in [0.25, 0.3) is 0 Å². The predicted octanol–water partition coefficient (Wildman–Crippen LogP) is 1.87. The molecule has 78 valence electrons. The molecule has 1 rings (SSSR count). The van der Waals surface area contributed by atoms with Gasteiger partial charge in [-0.05, 0) is 13.0 Å². The van der Waals surface area contributed by atoms with Crippen molar-refractivity contribution in [3.63, 3.8) is 0 Å². The fourth-order valence-electron chi connectivity index (χ4n) is 0.973. The normalized spacial score (nSPS) is 12.5. The van der Waals surface area contributed by atoms with Gasteiger partial charge in [-0.3, -0.25) is 0 Å². The SMILES string of the molecule is CCOC(=O)C(O)Cc1cc(Cl)cs1. The van der Waals surface area contributed by atoms with Crippen LogP contribution in [0.2, 0.25) is 5.02 Å². The van der Waals surface area contributed by atoms with Crippen LogP contribution in [0, 0.1) is 0 Å². The molecular formula is C9H11ClO3S. The molecule has 1 aromatic heterocycles. The molecule has 0 radical (unpaired) electrons. The smallest absolute Gasteiger partial charge is 0.335 e. The van der Waals surface area contributed by atoms with Gasteiger partial charge in [-0.1, -0.05) is 11.6 Å². The van der Waals surface area contributed by atoms with E-state index in [-0.39, 0.29) is 13.0 Å². The van der Waals surface area contributed by atoms with Crippen molar-refractivity contribution < 1.29 is 14.6 Å². The van der Waals surface area contributed by atoms with Crippen molar-refractivity contribution in [3.8, 4) is 0 Å². The molecule has 14 heavy (non-hydrogen) atoms. The van der Waals surface area contributed by atoms with Crippen LogP contribution in [0.4, 0.5) is 0 Å². The fourth-order valence-corrected chi connectivity index (χ4v) is 2.08. The van der Waals surface area contributed by atoms with Crippen molar-refractivity contribution in [2.24, 2.45) is 0 Å². The Morgan fingerprint density at radius 3 is 3.00 bits per heavy atom. The first-order valence-corrected chi connectivity index (χ1v) is 5.47. The molecule has 1 unspecified atom stereocenters. The van der Waals surface area contributed by atoms with Gasteiger partial charge in [-0.2, -0.15) is 0 Å². The highest BCUT2D eigenvalue weighted by molar-refractivity contribution is 7.10. The second kappa shape index (κ2) is 5.34. The highest BCUT2D eigenvalue weighted by Gasteiger charge is 2.17. The lowest BCUT2D eigenvalue weighted by molar-refractivity contribution is -0.152. The zero-order chi connectivity index (χ0) is 10.6. The van der Waals surface area contributed by atoms with Crippen LogP contribution in [0.5, 0.6) is 0 Å². The summed E-state index contributed by atoms with van der Waals surface area (Å²) in [5.74, 6) is -0.586. The van der Waals surface area contributed by atoms with Crippen molar-refractivity contribution in [2.75, 3.05) is 6.61 Å². The highest BCUT2D eigenvalue weighted by Crippen LogP contribution is 2.20. The fraction of sp³-hybridized carbons (Fsp3) is 0.444. The molecule has 0 spiro atoms. The third-order valence-corrected chi connectivity index (χ3v) is 2.88. The van der Waals surface area contributed by atoms with Gasteiger partial charge in [0.25, 0.3) is 0 Å². The van der Waals surface area contributed by atoms with Gasteiger partial charge in [0.2, 0.25) is 0 Å². The first kappa shape index (κ1) is 11.5. The Morgan fingerprint density at radius 2 is 2.50 bits per heavy atom. The number of thiophene rings is 1. The van der Waals surface area contributed by atoms with Gasteiger partial charge in [0.15, 0.2) is 6.10 Å². The number of hydrogen-bond acceptors (Lipinski definition) is 4. The van der Waals surface area contributed by atoms with Crippen LogP contribution in [0.1, 0.15) is 11.8 Å². The van der Waals surface area contributed by atoms with Crippen LogP contribution in [0.15, 0.2) is 11.4 Å². The van der Waals surface area contributed by atoms with Crippen molar-refractivity contribution in [2.45, 2.75) is 19.4 Å². The Balaban J connectivity index is 2.48. The molecule has 0 aliphatic heterocycles. The van der Waals surface area contributed by atoms with Gasteiger partial charge in [0.05, 0.1) is 11.6 Å². The van der Waals surface area contributed by atoms with Crippen LogP contribution < -0.4 is 0 Å². The molecule has 5 heteroatoms. The Bertz CT molecular complexity index is 311. The summed E-state index contributed by atoms with van der Waals surface area (Å²) in [6.45, 7) is 1.98. The molecule has 0 amide bonds. The molecule has 0 saturated carbocycles. The monoisotopic (exact) mass is 234 g/mol. The molecule has 1 N–H and O–H groups in total. The first-order valence-electron chi connectivity index (χ1n) is 4.21. The van der Waals surface area contributed by atoms with E-state index in [9.17, 15) is 9.90 Å². The van der Waals surface area contributed by atoms with Crippen LogP contribution in [-0.4, -0.2) is 23.8 Å². The van der Waals surface area contributed by atoms with Crippen molar-refractivity contribution in [1.29, 1.82) is 0 Å². The van der Waals surface area contributed by atoms with Crippen LogP contribution in [0.3, 0.4) is 0 Å². The van der Waals surface area contributed by atoms with E-state index in [1.54, 1.807) is 18.4 Å². The number of aliphatic hydroxyl groups excluding tert-OH is 1. The zero-order valence-corrected chi connectivity index (χ0v) is 9.27. The molecule has 3 nitrogen and oxygen atoms in total. The lowest BCUT2D eigenvalue weighted by atomic mass is 10.2. The third kappa shape index (κ3) is 3.29. The third-order valence-electron chi connectivity index (χ3n) is 1.57. The summed E-state index contributed by atoms with van der Waals surface area (Å²) in [4.78, 5) is 11.9. The molecule has 0 saturated heterocycles. The van der Waals surface area contributed by atoms with E-state index in [1.807, 2.05) is 0 Å². The Labute approximate surface area is 91.3 Å². The maximum absolute atomic E-state index is 11.1. The molecule has 0 fully saturated rings. The van der Waals surface area contributed by atoms with Crippen LogP contribution in [-0.2, 0) is 16.0 Å². The topological polar surface area (TPSA) is 46.5 Å². The van der Waals surface area contributed by atoms with E-state index in [2.05, 4.69) is 4.74 Å². The average molecular weight is 235 g/mol. The predicted molar refractivity (Wildman–Crippen MR) is 55.7 cm³/mol. The van der Waals surface area contributed by atoms with Gasteiger partial charge < -0.3 is 9.84 Å². The van der Waals surface area contributed by atoms with Gasteiger partial charge in [0, 0.05) is 16.7 Å². The van der Waals surface area contributed by atoms with Gasteiger partial charge >= 0.3 is 5.97 Å². The minimum Gasteiger partial charge on any atom is -0.464 e. The minimum absolute atomic E-state index is 0.260. The molecule has 0 aromatic carbocycles. The Morgan fingerprint density at radius 1 is 1.79 bits per heavy atom. The number of aliphatic hydroxyl groups is 1. The molecule has 0 aliphatic carbocycles. The summed E-state index contributed by atoms with van der Waals surface area (Å²) >= 11 is 7.11. The molecule has 1 aromatic rings. The number of hydrogen-bond donors (Lipinski definition) is 1. The van der Waals surface area contributed by atoms with E-state index < -0.39 is 12.1 Å². The first-order chi connectivity index (χ1) is 6.63. The molecule has 1 heterocycles. The average Bonchev–Trinajstić information content (AvgIpc) is 2.51. The second-order valence-corrected chi connectivity index (χ2v) is 4.14. The van der Waals surface area contributed by atoms with E-state index >= 15 is 0 Å². The quantitative estimate of drug-likeness (QED) is 0.809. The van der Waals surface area contributed by atoms with Crippen molar-refractivity contribution in [1.82, 2.24) is 0 Å². The largest absolute Gasteiger partial charge is 0.464 e. The number of rotatable bonds is 4. The summed E-state index contributed by atoms with van der Waals surface area (Å²) in [5, 5.41) is 11.8. The number of carbonyl (C=O) groups is 1. The van der Waals surface area contributed by atoms with Gasteiger partial charge in [-0.15, -0.1) is 11.3 Å². The summed E-state index contributed by atoms with van der Waals surface area (Å²) < 4.78 is 4.67. The maximum atomic E-state index is 11.1. The van der Waals surface area contributed by atoms with Crippen molar-refractivity contribution >= 4 is 28.9 Å². The summed E-state index contributed by atoms with van der Waals surface area (Å²) in [5.41, 5.74) is 0. The molecule has 0 bridgehead atoms. The standard InChI is InChI=1S/C9H11ClO3S/c1-2-13-9(12)8(11)4-7-3-6(10)5-14-7/h3,5,8,11H,2,4H2,1H3. The lowest BCUT2D eigenvalue weighted by Gasteiger charge is -2.07. The summed E-state index contributed by atoms with van der Waals surface area (Å²) in [6, 6.07) is 1.73. The van der Waals surface area contributed by atoms with E-state index in [1.165, 1.54) is 11.3 Å². The lowest BCUT2D eigenvalue weighted by Crippen LogP contribution is -2.24. The van der Waals surface area contributed by atoms with Crippen molar-refractivity contribution in [3.05, 3.63) is 21.3 Å². The van der Waals surface area contributed by atoms with Gasteiger partial charge in [0.1, 0.15) is 0 Å². The maximum Gasteiger partial charge on any atom is 0.335 e. The van der Waals surface area contributed by atoms with Crippen LogP contribution >= 0.6 is 22.9 Å². The summed E-state index contributed by atoms with van der Waals surface area (Å²) in [6.07, 6.45) is -0.833. The second-order valence-electron chi connectivity index (χ2n) is 2.70. The Kier molecular flexibility index (Phi) is 4.38. The minimum atomic E-state index is -1.09. The van der Waals surface area contributed by atoms with Gasteiger partial charge in [-0.25, -0.2) is 4.79 Å². The van der Waals surface area contributed by atoms with E-state index in [0.29, 0.717) is 5.02 Å². The Hall–Kier alpha value is -0.580. The van der Waals surface area contributed by atoms with E-state index in [0.717, 1.165) is 4.88 Å². The summed E-state index contributed by atoms with van der Waals surface area (Å²) in [7, 11) is 0. The number of ether oxygens (including phenoxy) is 1. The number of esters is 1. The number of carbonyl (C=O) groups excluding carboxylic acids is 1. The molecule has 1 atom stereocenters. The zero-order valence-electron chi connectivity index (χ0n) is 7.70. The molecular weight excluding hydrogens is 224 g/mol. The van der Waals surface area contributed by atoms with E-state index in [4.69, 9.17) is 11.6 Å².